The van der Waals surface area contributed by atoms with Crippen molar-refractivity contribution >= 4 is 17.3 Å². The number of aromatic nitrogens is 1. The highest BCUT2D eigenvalue weighted by Crippen LogP contribution is 2.15. The predicted molar refractivity (Wildman–Crippen MR) is 81.9 cm³/mol. The summed E-state index contributed by atoms with van der Waals surface area (Å²) in [6.07, 6.45) is 1.09. The van der Waals surface area contributed by atoms with E-state index >= 15 is 0 Å². The van der Waals surface area contributed by atoms with Crippen molar-refractivity contribution in [3.05, 3.63) is 68.1 Å². The highest BCUT2D eigenvalue weighted by molar-refractivity contribution is 5.91. The third-order valence-corrected chi connectivity index (χ3v) is 3.24. The van der Waals surface area contributed by atoms with E-state index in [0.717, 1.165) is 22.4 Å². The van der Waals surface area contributed by atoms with Gasteiger partial charge in [-0.25, -0.2) is 0 Å². The lowest BCUT2D eigenvalue weighted by atomic mass is 10.2. The van der Waals surface area contributed by atoms with Gasteiger partial charge < -0.3 is 5.32 Å². The van der Waals surface area contributed by atoms with Crippen LogP contribution in [-0.4, -0.2) is 15.4 Å². The molecular weight excluding hydrogens is 286 g/mol. The molecule has 1 aromatic carbocycles. The second-order valence-electron chi connectivity index (χ2n) is 4.93. The molecule has 1 amide bonds. The lowest BCUT2D eigenvalue weighted by Gasteiger charge is -2.09. The first-order valence-corrected chi connectivity index (χ1v) is 6.59. The van der Waals surface area contributed by atoms with Crippen molar-refractivity contribution in [2.24, 2.45) is 0 Å². The summed E-state index contributed by atoms with van der Waals surface area (Å²) in [6.45, 7) is 3.05. The average Bonchev–Trinajstić information content (AvgIpc) is 2.44. The van der Waals surface area contributed by atoms with Gasteiger partial charge in [0.15, 0.2) is 0 Å². The molecule has 0 aliphatic heterocycles. The number of hydrogen-bond acceptors (Lipinski definition) is 4. The van der Waals surface area contributed by atoms with Crippen molar-refractivity contribution < 1.29 is 9.72 Å². The Morgan fingerprint density at radius 3 is 2.59 bits per heavy atom. The van der Waals surface area contributed by atoms with E-state index in [1.807, 2.05) is 19.1 Å². The standard InChI is InChI=1S/C15H15N3O4/c1-10-5-3-4-6-12(10)16-14(19)9-17-8-13(18(21)22)11(2)7-15(17)20/h3-8H,9H2,1-2H3,(H,16,19). The molecule has 2 rings (SSSR count). The number of para-hydroxylation sites is 1. The molecule has 7 nitrogen and oxygen atoms in total. The third kappa shape index (κ3) is 3.38. The minimum atomic E-state index is -0.579. The Morgan fingerprint density at radius 2 is 1.95 bits per heavy atom. The first-order chi connectivity index (χ1) is 10.4. The highest BCUT2D eigenvalue weighted by Gasteiger charge is 2.15. The molecule has 114 valence electrons. The molecule has 0 saturated carbocycles. The van der Waals surface area contributed by atoms with E-state index in [2.05, 4.69) is 5.32 Å². The number of carbonyl (C=O) groups excluding carboxylic acids is 1. The number of hydrogen-bond donors (Lipinski definition) is 1. The van der Waals surface area contributed by atoms with Gasteiger partial charge in [0.25, 0.3) is 11.2 Å². The molecule has 0 bridgehead atoms. The van der Waals surface area contributed by atoms with Gasteiger partial charge in [-0.2, -0.15) is 0 Å². The smallest absolute Gasteiger partial charge is 0.288 e. The maximum Gasteiger partial charge on any atom is 0.288 e. The number of aryl methyl sites for hydroxylation is 2. The van der Waals surface area contributed by atoms with Crippen LogP contribution in [0.2, 0.25) is 0 Å². The Balaban J connectivity index is 2.22. The molecule has 1 aromatic heterocycles. The lowest BCUT2D eigenvalue weighted by molar-refractivity contribution is -0.385. The predicted octanol–water partition coefficient (Wildman–Crippen LogP) is 2.01. The molecule has 0 spiro atoms. The Morgan fingerprint density at radius 1 is 1.27 bits per heavy atom. The molecule has 1 N–H and O–H groups in total. The lowest BCUT2D eigenvalue weighted by Crippen LogP contribution is -2.27. The number of nitro groups is 1. The summed E-state index contributed by atoms with van der Waals surface area (Å²) < 4.78 is 1.03. The monoisotopic (exact) mass is 301 g/mol. The van der Waals surface area contributed by atoms with Crippen LogP contribution < -0.4 is 10.9 Å². The number of nitrogens with zero attached hydrogens (tertiary/aromatic N) is 2. The SMILES string of the molecule is Cc1ccccc1NC(=O)Cn1cc([N+](=O)[O-])c(C)cc1=O. The normalized spacial score (nSPS) is 10.3. The zero-order valence-electron chi connectivity index (χ0n) is 12.2. The van der Waals surface area contributed by atoms with Crippen molar-refractivity contribution in [2.75, 3.05) is 5.32 Å². The molecule has 0 aliphatic rings. The Hall–Kier alpha value is -2.96. The highest BCUT2D eigenvalue weighted by atomic mass is 16.6. The zero-order chi connectivity index (χ0) is 16.3. The summed E-state index contributed by atoms with van der Waals surface area (Å²) in [5, 5.41) is 13.6. The van der Waals surface area contributed by atoms with Gasteiger partial charge in [-0.05, 0) is 25.5 Å². The van der Waals surface area contributed by atoms with Crippen molar-refractivity contribution in [3.8, 4) is 0 Å². The van der Waals surface area contributed by atoms with Crippen molar-refractivity contribution in [2.45, 2.75) is 20.4 Å². The van der Waals surface area contributed by atoms with Gasteiger partial charge >= 0.3 is 0 Å². The first-order valence-electron chi connectivity index (χ1n) is 6.59. The van der Waals surface area contributed by atoms with E-state index in [9.17, 15) is 19.7 Å². The maximum atomic E-state index is 12.0. The molecule has 7 heteroatoms. The number of carbonyl (C=O) groups is 1. The molecule has 0 unspecified atom stereocenters. The van der Waals surface area contributed by atoms with Crippen LogP contribution in [-0.2, 0) is 11.3 Å². The van der Waals surface area contributed by atoms with Gasteiger partial charge in [0, 0.05) is 17.3 Å². The summed E-state index contributed by atoms with van der Waals surface area (Å²) in [7, 11) is 0. The quantitative estimate of drug-likeness (QED) is 0.690. The second kappa shape index (κ2) is 6.21. The number of rotatable bonds is 4. The van der Waals surface area contributed by atoms with Gasteiger partial charge in [-0.3, -0.25) is 24.3 Å². The van der Waals surface area contributed by atoms with E-state index in [1.165, 1.54) is 6.92 Å². The average molecular weight is 301 g/mol. The van der Waals surface area contributed by atoms with Gasteiger partial charge in [0.05, 0.1) is 11.1 Å². The Bertz CT molecular complexity index is 796. The fourth-order valence-electron chi connectivity index (χ4n) is 2.03. The van der Waals surface area contributed by atoms with Crippen LogP contribution in [0, 0.1) is 24.0 Å². The van der Waals surface area contributed by atoms with Gasteiger partial charge in [0.1, 0.15) is 6.54 Å². The van der Waals surface area contributed by atoms with Crippen LogP contribution in [0.25, 0.3) is 0 Å². The first kappa shape index (κ1) is 15.4. The third-order valence-electron chi connectivity index (χ3n) is 3.24. The minimum Gasteiger partial charge on any atom is -0.324 e. The van der Waals surface area contributed by atoms with Gasteiger partial charge in [-0.1, -0.05) is 18.2 Å². The van der Waals surface area contributed by atoms with E-state index in [-0.39, 0.29) is 17.8 Å². The molecule has 1 heterocycles. The van der Waals surface area contributed by atoms with Gasteiger partial charge in [-0.15, -0.1) is 0 Å². The number of amides is 1. The van der Waals surface area contributed by atoms with Crippen LogP contribution in [0.4, 0.5) is 11.4 Å². The van der Waals surface area contributed by atoms with Crippen LogP contribution in [0.1, 0.15) is 11.1 Å². The molecule has 0 atom stereocenters. The van der Waals surface area contributed by atoms with Crippen LogP contribution in [0.3, 0.4) is 0 Å². The van der Waals surface area contributed by atoms with Crippen LogP contribution in [0.15, 0.2) is 41.3 Å². The molecule has 0 saturated heterocycles. The second-order valence-corrected chi connectivity index (χ2v) is 4.93. The summed E-state index contributed by atoms with van der Waals surface area (Å²) >= 11 is 0. The van der Waals surface area contributed by atoms with Crippen molar-refractivity contribution in [1.29, 1.82) is 0 Å². The minimum absolute atomic E-state index is 0.191. The molecule has 0 fully saturated rings. The fraction of sp³-hybridized carbons (Fsp3) is 0.200. The topological polar surface area (TPSA) is 94.2 Å². The van der Waals surface area contributed by atoms with E-state index in [0.29, 0.717) is 5.69 Å². The summed E-state index contributed by atoms with van der Waals surface area (Å²) in [4.78, 5) is 34.2. The molecule has 2 aromatic rings. The summed E-state index contributed by atoms with van der Waals surface area (Å²) in [5.74, 6) is -0.422. The zero-order valence-corrected chi connectivity index (χ0v) is 12.2. The van der Waals surface area contributed by atoms with E-state index < -0.39 is 16.4 Å². The fourth-order valence-corrected chi connectivity index (χ4v) is 2.03. The Kier molecular flexibility index (Phi) is 4.36. The van der Waals surface area contributed by atoms with E-state index in [4.69, 9.17) is 0 Å². The summed E-state index contributed by atoms with van der Waals surface area (Å²) in [6, 6.07) is 8.37. The number of benzene rings is 1. The maximum absolute atomic E-state index is 12.0. The van der Waals surface area contributed by atoms with Crippen molar-refractivity contribution in [1.82, 2.24) is 4.57 Å². The van der Waals surface area contributed by atoms with Crippen LogP contribution >= 0.6 is 0 Å². The number of pyridine rings is 1. The number of anilines is 1. The van der Waals surface area contributed by atoms with Crippen molar-refractivity contribution in [3.63, 3.8) is 0 Å². The van der Waals surface area contributed by atoms with Crippen LogP contribution in [0.5, 0.6) is 0 Å². The molecule has 0 radical (unpaired) electrons. The number of nitrogens with one attached hydrogen (secondary N) is 1. The van der Waals surface area contributed by atoms with Gasteiger partial charge in [0.2, 0.25) is 5.91 Å². The largest absolute Gasteiger partial charge is 0.324 e. The Labute approximate surface area is 126 Å². The molecule has 22 heavy (non-hydrogen) atoms. The molecular formula is C15H15N3O4. The summed E-state index contributed by atoms with van der Waals surface area (Å²) in [5.41, 5.74) is 1.15. The molecule has 0 aliphatic carbocycles. The van der Waals surface area contributed by atoms with E-state index in [1.54, 1.807) is 12.1 Å².